The standard InChI is InChI=1S/C21H22N2O2/c1-14-11-15(2)13-17(12-14)22-19(24)21(8-9-21)20(25)23-10-7-16-5-3-4-6-18(16)23/h3-6,11-13H,7-10H2,1-2H3,(H,22,24). The molecule has 0 saturated heterocycles. The molecule has 2 aliphatic rings. The molecule has 25 heavy (non-hydrogen) atoms. The number of para-hydroxylation sites is 1. The fraction of sp³-hybridized carbons (Fsp3) is 0.333. The number of nitrogens with one attached hydrogen (secondary N) is 1. The van der Waals surface area contributed by atoms with Gasteiger partial charge in [-0.3, -0.25) is 9.59 Å². The highest BCUT2D eigenvalue weighted by Gasteiger charge is 2.58. The van der Waals surface area contributed by atoms with Crippen LogP contribution in [0.3, 0.4) is 0 Å². The van der Waals surface area contributed by atoms with Crippen LogP contribution < -0.4 is 10.2 Å². The maximum Gasteiger partial charge on any atom is 0.242 e. The summed E-state index contributed by atoms with van der Waals surface area (Å²) < 4.78 is 0. The lowest BCUT2D eigenvalue weighted by Crippen LogP contribution is -2.42. The Labute approximate surface area is 147 Å². The van der Waals surface area contributed by atoms with Gasteiger partial charge in [0.2, 0.25) is 11.8 Å². The zero-order valence-corrected chi connectivity index (χ0v) is 14.6. The molecule has 1 aliphatic heterocycles. The molecule has 0 spiro atoms. The predicted molar refractivity (Wildman–Crippen MR) is 98.7 cm³/mol. The molecule has 4 heteroatoms. The van der Waals surface area contributed by atoms with Gasteiger partial charge >= 0.3 is 0 Å². The van der Waals surface area contributed by atoms with Crippen molar-refractivity contribution in [2.75, 3.05) is 16.8 Å². The normalized spacial score (nSPS) is 17.1. The van der Waals surface area contributed by atoms with Crippen LogP contribution in [0.25, 0.3) is 0 Å². The topological polar surface area (TPSA) is 49.4 Å². The zero-order chi connectivity index (χ0) is 17.6. The van der Waals surface area contributed by atoms with Crippen LogP contribution in [-0.4, -0.2) is 18.4 Å². The van der Waals surface area contributed by atoms with Crippen LogP contribution in [-0.2, 0) is 16.0 Å². The van der Waals surface area contributed by atoms with E-state index < -0.39 is 5.41 Å². The maximum absolute atomic E-state index is 13.1. The highest BCUT2D eigenvalue weighted by molar-refractivity contribution is 6.18. The summed E-state index contributed by atoms with van der Waals surface area (Å²) in [6.07, 6.45) is 2.11. The third-order valence-corrected chi connectivity index (χ3v) is 5.21. The van der Waals surface area contributed by atoms with E-state index >= 15 is 0 Å². The average molecular weight is 334 g/mol. The van der Waals surface area contributed by atoms with Crippen molar-refractivity contribution in [2.24, 2.45) is 5.41 Å². The Morgan fingerprint density at radius 3 is 2.40 bits per heavy atom. The van der Waals surface area contributed by atoms with Crippen molar-refractivity contribution in [1.82, 2.24) is 0 Å². The average Bonchev–Trinajstić information content (AvgIpc) is 3.27. The van der Waals surface area contributed by atoms with Crippen LogP contribution in [0.2, 0.25) is 0 Å². The van der Waals surface area contributed by atoms with Gasteiger partial charge in [-0.15, -0.1) is 0 Å². The number of carbonyl (C=O) groups is 2. The molecule has 1 fully saturated rings. The van der Waals surface area contributed by atoms with Gasteiger partial charge in [0, 0.05) is 17.9 Å². The predicted octanol–water partition coefficient (Wildman–Crippen LogP) is 3.61. The van der Waals surface area contributed by atoms with Crippen molar-refractivity contribution in [1.29, 1.82) is 0 Å². The zero-order valence-electron chi connectivity index (χ0n) is 14.6. The van der Waals surface area contributed by atoms with E-state index in [0.29, 0.717) is 19.4 Å². The van der Waals surface area contributed by atoms with Crippen molar-refractivity contribution in [3.8, 4) is 0 Å². The molecule has 128 valence electrons. The molecule has 1 heterocycles. The Morgan fingerprint density at radius 2 is 1.72 bits per heavy atom. The third kappa shape index (κ3) is 2.72. The van der Waals surface area contributed by atoms with E-state index in [0.717, 1.165) is 28.9 Å². The number of nitrogens with zero attached hydrogens (tertiary/aromatic N) is 1. The second-order valence-corrected chi connectivity index (χ2v) is 7.25. The van der Waals surface area contributed by atoms with Crippen molar-refractivity contribution >= 4 is 23.2 Å². The lowest BCUT2D eigenvalue weighted by molar-refractivity contribution is -0.132. The molecule has 0 atom stereocenters. The van der Waals surface area contributed by atoms with Crippen LogP contribution >= 0.6 is 0 Å². The second kappa shape index (κ2) is 5.73. The molecule has 0 aromatic heterocycles. The summed E-state index contributed by atoms with van der Waals surface area (Å²) in [7, 11) is 0. The quantitative estimate of drug-likeness (QED) is 0.872. The second-order valence-electron chi connectivity index (χ2n) is 7.25. The van der Waals surface area contributed by atoms with Gasteiger partial charge in [-0.2, -0.15) is 0 Å². The van der Waals surface area contributed by atoms with Gasteiger partial charge in [0.25, 0.3) is 0 Å². The Balaban J connectivity index is 1.56. The molecule has 2 aromatic carbocycles. The van der Waals surface area contributed by atoms with E-state index in [4.69, 9.17) is 0 Å². The first-order chi connectivity index (χ1) is 12.0. The first-order valence-electron chi connectivity index (χ1n) is 8.79. The first-order valence-corrected chi connectivity index (χ1v) is 8.79. The summed E-state index contributed by atoms with van der Waals surface area (Å²) in [4.78, 5) is 27.8. The van der Waals surface area contributed by atoms with Crippen molar-refractivity contribution in [2.45, 2.75) is 33.1 Å². The largest absolute Gasteiger partial charge is 0.325 e. The Morgan fingerprint density at radius 1 is 1.04 bits per heavy atom. The van der Waals surface area contributed by atoms with Crippen LogP contribution in [0.1, 0.15) is 29.5 Å². The van der Waals surface area contributed by atoms with Crippen molar-refractivity contribution in [3.05, 3.63) is 59.2 Å². The number of aryl methyl sites for hydroxylation is 2. The molecule has 0 unspecified atom stereocenters. The van der Waals surface area contributed by atoms with E-state index in [1.54, 1.807) is 4.90 Å². The van der Waals surface area contributed by atoms with Crippen molar-refractivity contribution in [3.63, 3.8) is 0 Å². The SMILES string of the molecule is Cc1cc(C)cc(NC(=O)C2(C(=O)N3CCc4ccccc43)CC2)c1. The maximum atomic E-state index is 13.1. The lowest BCUT2D eigenvalue weighted by atomic mass is 10.0. The summed E-state index contributed by atoms with van der Waals surface area (Å²) in [5, 5.41) is 2.97. The van der Waals surface area contributed by atoms with E-state index in [2.05, 4.69) is 17.4 Å². The number of benzene rings is 2. The molecule has 1 aliphatic carbocycles. The smallest absolute Gasteiger partial charge is 0.242 e. The molecule has 4 nitrogen and oxygen atoms in total. The first kappa shape index (κ1) is 15.9. The number of hydrogen-bond acceptors (Lipinski definition) is 2. The fourth-order valence-corrected chi connectivity index (χ4v) is 3.77. The summed E-state index contributed by atoms with van der Waals surface area (Å²) in [5.41, 5.74) is 4.21. The van der Waals surface area contributed by atoms with Gasteiger partial charge in [-0.05, 0) is 68.0 Å². The molecule has 0 radical (unpaired) electrons. The summed E-state index contributed by atoms with van der Waals surface area (Å²) in [5.74, 6) is -0.230. The highest BCUT2D eigenvalue weighted by Crippen LogP contribution is 2.49. The van der Waals surface area contributed by atoms with E-state index in [9.17, 15) is 9.59 Å². The molecule has 2 aromatic rings. The van der Waals surface area contributed by atoms with Gasteiger partial charge in [0.05, 0.1) is 0 Å². The number of anilines is 2. The molecule has 2 amide bonds. The highest BCUT2D eigenvalue weighted by atomic mass is 16.2. The minimum atomic E-state index is -0.894. The van der Waals surface area contributed by atoms with E-state index in [1.807, 2.05) is 44.2 Å². The summed E-state index contributed by atoms with van der Waals surface area (Å²) in [6, 6.07) is 13.9. The van der Waals surface area contributed by atoms with Gasteiger partial charge < -0.3 is 10.2 Å². The van der Waals surface area contributed by atoms with E-state index in [1.165, 1.54) is 5.56 Å². The van der Waals surface area contributed by atoms with Crippen LogP contribution in [0.15, 0.2) is 42.5 Å². The van der Waals surface area contributed by atoms with Crippen LogP contribution in [0, 0.1) is 19.3 Å². The number of amides is 2. The lowest BCUT2D eigenvalue weighted by Gasteiger charge is -2.23. The Bertz CT molecular complexity index is 848. The number of rotatable bonds is 3. The fourth-order valence-electron chi connectivity index (χ4n) is 3.77. The van der Waals surface area contributed by atoms with Gasteiger partial charge in [0.15, 0.2) is 0 Å². The van der Waals surface area contributed by atoms with Crippen LogP contribution in [0.5, 0.6) is 0 Å². The number of fused-ring (bicyclic) bond motifs is 1. The van der Waals surface area contributed by atoms with Crippen molar-refractivity contribution < 1.29 is 9.59 Å². The van der Waals surface area contributed by atoms with Gasteiger partial charge in [-0.25, -0.2) is 0 Å². The third-order valence-electron chi connectivity index (χ3n) is 5.21. The summed E-state index contributed by atoms with van der Waals surface area (Å²) in [6.45, 7) is 4.67. The summed E-state index contributed by atoms with van der Waals surface area (Å²) >= 11 is 0. The number of carbonyl (C=O) groups excluding carboxylic acids is 2. The molecule has 1 saturated carbocycles. The molecule has 4 rings (SSSR count). The molecular weight excluding hydrogens is 312 g/mol. The Hall–Kier alpha value is -2.62. The molecular formula is C21H22N2O2. The van der Waals surface area contributed by atoms with Gasteiger partial charge in [0.1, 0.15) is 5.41 Å². The minimum Gasteiger partial charge on any atom is -0.325 e. The van der Waals surface area contributed by atoms with Crippen LogP contribution in [0.4, 0.5) is 11.4 Å². The Kier molecular flexibility index (Phi) is 3.64. The molecule has 1 N–H and O–H groups in total. The van der Waals surface area contributed by atoms with Gasteiger partial charge in [-0.1, -0.05) is 24.3 Å². The van der Waals surface area contributed by atoms with E-state index in [-0.39, 0.29) is 11.8 Å². The monoisotopic (exact) mass is 334 g/mol. The number of hydrogen-bond donors (Lipinski definition) is 1. The molecule has 0 bridgehead atoms. The minimum absolute atomic E-state index is 0.0562.